The Hall–Kier alpha value is -2.18. The van der Waals surface area contributed by atoms with Crippen LogP contribution in [0.2, 0.25) is 0 Å². The number of fused-ring (bicyclic) bond motifs is 1. The number of imide groups is 1. The lowest BCUT2D eigenvalue weighted by molar-refractivity contribution is -0.121. The van der Waals surface area contributed by atoms with Crippen molar-refractivity contribution >= 4 is 23.3 Å². The summed E-state index contributed by atoms with van der Waals surface area (Å²) in [5, 5.41) is 4.23. The number of nitrogens with two attached hydrogens (primary N) is 1. The van der Waals surface area contributed by atoms with Gasteiger partial charge in [0.15, 0.2) is 0 Å². The van der Waals surface area contributed by atoms with Crippen LogP contribution in [0, 0.1) is 0 Å². The van der Waals surface area contributed by atoms with Crippen LogP contribution < -0.4 is 11.1 Å². The third-order valence-corrected chi connectivity index (χ3v) is 4.79. The predicted octanol–water partition coefficient (Wildman–Crippen LogP) is 1.89. The standard InChI is InChI=1S/C16H17N3O2S/c17-16(21)18-14(20)10-19-8-6-13-12(7-9-22-13)15(19)11-4-2-1-3-5-11/h1-5,7,9,15H,6,8,10H2,(H3,17,18,20,21). The Balaban J connectivity index is 1.89. The van der Waals surface area contributed by atoms with Crippen molar-refractivity contribution in [3.05, 3.63) is 57.8 Å². The number of hydrogen-bond donors (Lipinski definition) is 2. The molecule has 0 radical (unpaired) electrons. The monoisotopic (exact) mass is 315 g/mol. The SMILES string of the molecule is NC(=O)NC(=O)CN1CCc2sccc2C1c1ccccc1. The molecule has 1 atom stereocenters. The topological polar surface area (TPSA) is 75.4 Å². The number of nitrogens with one attached hydrogen (secondary N) is 1. The van der Waals surface area contributed by atoms with E-state index >= 15 is 0 Å². The molecule has 22 heavy (non-hydrogen) atoms. The fourth-order valence-corrected chi connectivity index (χ4v) is 3.83. The molecule has 0 spiro atoms. The zero-order valence-corrected chi connectivity index (χ0v) is 12.8. The highest BCUT2D eigenvalue weighted by molar-refractivity contribution is 7.10. The molecule has 2 aromatic rings. The molecule has 1 aromatic heterocycles. The number of carbonyl (C=O) groups excluding carboxylic acids is 2. The van der Waals surface area contributed by atoms with Crippen LogP contribution in [-0.2, 0) is 11.2 Å². The number of thiophene rings is 1. The third-order valence-electron chi connectivity index (χ3n) is 3.79. The minimum atomic E-state index is -0.811. The summed E-state index contributed by atoms with van der Waals surface area (Å²) in [6.07, 6.45) is 0.917. The molecule has 6 heteroatoms. The largest absolute Gasteiger partial charge is 0.351 e. The molecule has 1 aliphatic rings. The molecule has 2 heterocycles. The van der Waals surface area contributed by atoms with E-state index in [9.17, 15) is 9.59 Å². The van der Waals surface area contributed by atoms with E-state index in [1.54, 1.807) is 11.3 Å². The molecule has 1 aromatic carbocycles. The maximum atomic E-state index is 11.9. The molecule has 0 saturated heterocycles. The first-order valence-electron chi connectivity index (χ1n) is 7.09. The summed E-state index contributed by atoms with van der Waals surface area (Å²) >= 11 is 1.75. The molecule has 3 amide bonds. The number of primary amides is 1. The van der Waals surface area contributed by atoms with Gasteiger partial charge in [-0.3, -0.25) is 15.0 Å². The van der Waals surface area contributed by atoms with Gasteiger partial charge in [0.05, 0.1) is 12.6 Å². The van der Waals surface area contributed by atoms with E-state index in [4.69, 9.17) is 5.73 Å². The molecule has 0 fully saturated rings. The molecule has 114 valence electrons. The number of nitrogens with zero attached hydrogens (tertiary/aromatic N) is 1. The highest BCUT2D eigenvalue weighted by Gasteiger charge is 2.30. The lowest BCUT2D eigenvalue weighted by atomic mass is 9.93. The zero-order valence-electron chi connectivity index (χ0n) is 12.0. The van der Waals surface area contributed by atoms with Crippen molar-refractivity contribution in [3.63, 3.8) is 0 Å². The van der Waals surface area contributed by atoms with E-state index in [2.05, 4.69) is 33.8 Å². The number of hydrogen-bond acceptors (Lipinski definition) is 4. The molecular weight excluding hydrogens is 298 g/mol. The first kappa shape index (κ1) is 14.7. The van der Waals surface area contributed by atoms with Gasteiger partial charge in [0.2, 0.25) is 5.91 Å². The second-order valence-electron chi connectivity index (χ2n) is 5.25. The van der Waals surface area contributed by atoms with Gasteiger partial charge in [-0.2, -0.15) is 0 Å². The smallest absolute Gasteiger partial charge is 0.318 e. The highest BCUT2D eigenvalue weighted by atomic mass is 32.1. The quantitative estimate of drug-likeness (QED) is 0.908. The number of benzene rings is 1. The second kappa shape index (κ2) is 6.29. The van der Waals surface area contributed by atoms with Crippen LogP contribution in [-0.4, -0.2) is 29.9 Å². The number of carbonyl (C=O) groups is 2. The summed E-state index contributed by atoms with van der Waals surface area (Å²) in [6.45, 7) is 0.928. The first-order valence-corrected chi connectivity index (χ1v) is 7.97. The van der Waals surface area contributed by atoms with Crippen LogP contribution in [0.4, 0.5) is 4.79 Å². The van der Waals surface area contributed by atoms with Crippen LogP contribution in [0.3, 0.4) is 0 Å². The van der Waals surface area contributed by atoms with Crippen LogP contribution in [0.5, 0.6) is 0 Å². The highest BCUT2D eigenvalue weighted by Crippen LogP contribution is 2.37. The molecular formula is C16H17N3O2S. The summed E-state index contributed by atoms with van der Waals surface area (Å²) in [7, 11) is 0. The number of rotatable bonds is 3. The summed E-state index contributed by atoms with van der Waals surface area (Å²) in [5.74, 6) is -0.368. The Kier molecular flexibility index (Phi) is 4.22. The van der Waals surface area contributed by atoms with Crippen molar-refractivity contribution in [1.29, 1.82) is 0 Å². The van der Waals surface area contributed by atoms with Gasteiger partial charge in [-0.25, -0.2) is 4.79 Å². The number of urea groups is 1. The molecule has 5 nitrogen and oxygen atoms in total. The molecule has 1 aliphatic heterocycles. The number of amides is 3. The zero-order chi connectivity index (χ0) is 15.5. The summed E-state index contributed by atoms with van der Waals surface area (Å²) < 4.78 is 0. The maximum absolute atomic E-state index is 11.9. The second-order valence-corrected chi connectivity index (χ2v) is 6.25. The van der Waals surface area contributed by atoms with E-state index < -0.39 is 6.03 Å². The fourth-order valence-electron chi connectivity index (χ4n) is 2.93. The summed E-state index contributed by atoms with van der Waals surface area (Å²) in [4.78, 5) is 26.2. The minimum absolute atomic E-state index is 0.0369. The lowest BCUT2D eigenvalue weighted by Crippen LogP contribution is -2.45. The van der Waals surface area contributed by atoms with Gasteiger partial charge in [0, 0.05) is 11.4 Å². The van der Waals surface area contributed by atoms with Crippen molar-refractivity contribution in [2.75, 3.05) is 13.1 Å². The lowest BCUT2D eigenvalue weighted by Gasteiger charge is -2.35. The van der Waals surface area contributed by atoms with Crippen LogP contribution >= 0.6 is 11.3 Å². The van der Waals surface area contributed by atoms with E-state index in [0.29, 0.717) is 0 Å². The van der Waals surface area contributed by atoms with Crippen LogP contribution in [0.1, 0.15) is 22.0 Å². The Labute approximate surface area is 132 Å². The van der Waals surface area contributed by atoms with E-state index in [1.807, 2.05) is 18.2 Å². The molecule has 3 rings (SSSR count). The van der Waals surface area contributed by atoms with Gasteiger partial charge in [-0.15, -0.1) is 11.3 Å². The van der Waals surface area contributed by atoms with Crippen LogP contribution in [0.15, 0.2) is 41.8 Å². The minimum Gasteiger partial charge on any atom is -0.351 e. The van der Waals surface area contributed by atoms with Gasteiger partial charge in [0.1, 0.15) is 0 Å². The Morgan fingerprint density at radius 1 is 1.27 bits per heavy atom. The van der Waals surface area contributed by atoms with E-state index in [1.165, 1.54) is 10.4 Å². The average molecular weight is 315 g/mol. The molecule has 1 unspecified atom stereocenters. The maximum Gasteiger partial charge on any atom is 0.318 e. The van der Waals surface area contributed by atoms with Crippen molar-refractivity contribution < 1.29 is 9.59 Å². The molecule has 0 bridgehead atoms. The van der Waals surface area contributed by atoms with Crippen LogP contribution in [0.25, 0.3) is 0 Å². The van der Waals surface area contributed by atoms with Crippen molar-refractivity contribution in [3.8, 4) is 0 Å². The van der Waals surface area contributed by atoms with Gasteiger partial charge in [0.25, 0.3) is 0 Å². The Morgan fingerprint density at radius 3 is 2.77 bits per heavy atom. The van der Waals surface area contributed by atoms with Gasteiger partial charge in [-0.05, 0) is 29.0 Å². The van der Waals surface area contributed by atoms with Gasteiger partial charge in [-0.1, -0.05) is 30.3 Å². The molecule has 0 aliphatic carbocycles. The van der Waals surface area contributed by atoms with Crippen molar-refractivity contribution in [1.82, 2.24) is 10.2 Å². The predicted molar refractivity (Wildman–Crippen MR) is 85.6 cm³/mol. The van der Waals surface area contributed by atoms with E-state index in [0.717, 1.165) is 18.5 Å². The molecule has 0 saturated carbocycles. The van der Waals surface area contributed by atoms with Gasteiger partial charge >= 0.3 is 6.03 Å². The molecule has 3 N–H and O–H groups in total. The van der Waals surface area contributed by atoms with Crippen molar-refractivity contribution in [2.45, 2.75) is 12.5 Å². The van der Waals surface area contributed by atoms with E-state index in [-0.39, 0.29) is 18.5 Å². The first-order chi connectivity index (χ1) is 10.6. The average Bonchev–Trinajstić information content (AvgIpc) is 2.95. The van der Waals surface area contributed by atoms with Gasteiger partial charge < -0.3 is 5.73 Å². The fraction of sp³-hybridized carbons (Fsp3) is 0.250. The van der Waals surface area contributed by atoms with Crippen molar-refractivity contribution in [2.24, 2.45) is 5.73 Å². The Bertz CT molecular complexity index is 684. The summed E-state index contributed by atoms with van der Waals surface area (Å²) in [6, 6.07) is 11.5. The third kappa shape index (κ3) is 3.03. The summed E-state index contributed by atoms with van der Waals surface area (Å²) in [5.41, 5.74) is 7.41. The normalized spacial score (nSPS) is 17.7. The Morgan fingerprint density at radius 2 is 2.05 bits per heavy atom.